The van der Waals surface area contributed by atoms with Crippen LogP contribution in [0.3, 0.4) is 0 Å². The molecule has 4 nitrogen and oxygen atoms in total. The maximum absolute atomic E-state index is 11.9. The molecule has 1 saturated carbocycles. The molecule has 0 aromatic heterocycles. The van der Waals surface area contributed by atoms with Gasteiger partial charge in [0.1, 0.15) is 0 Å². The third-order valence-electron chi connectivity index (χ3n) is 4.03. The Morgan fingerprint density at radius 3 is 1.76 bits per heavy atom. The lowest BCUT2D eigenvalue weighted by molar-refractivity contribution is -0.137. The normalized spacial score (nSPS) is 16.9. The van der Waals surface area contributed by atoms with Crippen LogP contribution in [-0.2, 0) is 18.4 Å². The molecule has 1 aliphatic carbocycles. The van der Waals surface area contributed by atoms with Crippen molar-refractivity contribution in [3.8, 4) is 0 Å². The van der Waals surface area contributed by atoms with Gasteiger partial charge in [-0.05, 0) is 12.8 Å². The Balaban J connectivity index is 3.24. The Bertz CT molecular complexity index is 394. The van der Waals surface area contributed by atoms with Crippen molar-refractivity contribution >= 4 is 20.5 Å². The molecule has 0 radical (unpaired) electrons. The van der Waals surface area contributed by atoms with Gasteiger partial charge in [-0.1, -0.05) is 53.2 Å². The van der Waals surface area contributed by atoms with Gasteiger partial charge >= 0.3 is 20.5 Å². The van der Waals surface area contributed by atoms with E-state index in [-0.39, 0.29) is 5.54 Å². The molecule has 0 aliphatic heterocycles. The van der Waals surface area contributed by atoms with E-state index in [1.165, 1.54) is 6.42 Å². The molecular weight excluding hydrogens is 284 g/mol. The van der Waals surface area contributed by atoms with E-state index >= 15 is 0 Å². The zero-order valence-corrected chi connectivity index (χ0v) is 14.3. The van der Waals surface area contributed by atoms with E-state index in [1.54, 1.807) is 0 Å². The number of hydrogen-bond acceptors (Lipinski definition) is 4. The van der Waals surface area contributed by atoms with E-state index in [0.717, 1.165) is 37.8 Å². The molecule has 0 N–H and O–H groups in total. The van der Waals surface area contributed by atoms with Crippen LogP contribution >= 0.6 is 0 Å². The fourth-order valence-electron chi connectivity index (χ4n) is 2.97. The van der Waals surface area contributed by atoms with Crippen molar-refractivity contribution in [1.82, 2.24) is 0 Å². The summed E-state index contributed by atoms with van der Waals surface area (Å²) in [5.41, 5.74) is 0.124. The van der Waals surface area contributed by atoms with Crippen LogP contribution in [0.15, 0.2) is 25.3 Å². The van der Waals surface area contributed by atoms with Crippen LogP contribution in [0.1, 0.15) is 52.9 Å². The molecule has 0 aromatic carbocycles. The van der Waals surface area contributed by atoms with Crippen molar-refractivity contribution in [1.29, 1.82) is 0 Å². The predicted molar refractivity (Wildman–Crippen MR) is 84.9 cm³/mol. The SMILES string of the molecule is C=CC(=O)O[Si](OC(=O)C=C)(C1CCCCC1)C(C)(C)C. The second kappa shape index (κ2) is 7.07. The Kier molecular flexibility index (Phi) is 5.95. The highest BCUT2D eigenvalue weighted by Gasteiger charge is 2.60. The Labute approximate surface area is 128 Å². The van der Waals surface area contributed by atoms with Gasteiger partial charge in [-0.15, -0.1) is 0 Å². The average molecular weight is 310 g/mol. The van der Waals surface area contributed by atoms with Crippen LogP contribution in [0.2, 0.25) is 10.6 Å². The van der Waals surface area contributed by atoms with Gasteiger partial charge in [0.15, 0.2) is 0 Å². The third kappa shape index (κ3) is 4.06. The van der Waals surface area contributed by atoms with Gasteiger partial charge in [0.25, 0.3) is 0 Å². The zero-order chi connectivity index (χ0) is 16.1. The second-order valence-corrected chi connectivity index (χ2v) is 10.6. The largest absolute Gasteiger partial charge is 0.481 e. The van der Waals surface area contributed by atoms with Crippen LogP contribution in [-0.4, -0.2) is 20.5 Å². The summed E-state index contributed by atoms with van der Waals surface area (Å²) >= 11 is 0. The Morgan fingerprint density at radius 2 is 1.43 bits per heavy atom. The summed E-state index contributed by atoms with van der Waals surface area (Å²) in [6.07, 6.45) is 7.46. The standard InChI is InChI=1S/C16H26O4Si/c1-6-14(17)19-21(16(3,4)5,20-15(18)7-2)13-11-9-8-10-12-13/h6-7,13H,1-2,8-12H2,3-5H3. The molecular formula is C16H26O4Si. The maximum atomic E-state index is 11.9. The summed E-state index contributed by atoms with van der Waals surface area (Å²) in [6, 6.07) is 0. The van der Waals surface area contributed by atoms with E-state index in [2.05, 4.69) is 13.2 Å². The molecule has 0 bridgehead atoms. The summed E-state index contributed by atoms with van der Waals surface area (Å²) in [5, 5.41) is -0.410. The van der Waals surface area contributed by atoms with Crippen LogP contribution in [0.25, 0.3) is 0 Å². The average Bonchev–Trinajstić information content (AvgIpc) is 2.45. The molecule has 1 rings (SSSR count). The molecule has 0 aromatic rings. The third-order valence-corrected chi connectivity index (χ3v) is 8.78. The van der Waals surface area contributed by atoms with Crippen molar-refractivity contribution < 1.29 is 18.4 Å². The molecule has 0 amide bonds. The second-order valence-electron chi connectivity index (χ2n) is 6.50. The highest BCUT2D eigenvalue weighted by molar-refractivity contribution is 6.75. The molecule has 0 atom stereocenters. The van der Waals surface area contributed by atoms with E-state index in [1.807, 2.05) is 20.8 Å². The van der Waals surface area contributed by atoms with E-state index in [9.17, 15) is 9.59 Å². The smallest absolute Gasteiger partial charge is 0.473 e. The number of hydrogen-bond donors (Lipinski definition) is 0. The fourth-order valence-corrected chi connectivity index (χ4v) is 7.12. The number of rotatable bonds is 5. The highest BCUT2D eigenvalue weighted by atomic mass is 28.4. The number of carbonyl (C=O) groups is 2. The van der Waals surface area contributed by atoms with Crippen molar-refractivity contribution in [3.05, 3.63) is 25.3 Å². The van der Waals surface area contributed by atoms with Crippen LogP contribution in [0.5, 0.6) is 0 Å². The molecule has 1 fully saturated rings. The van der Waals surface area contributed by atoms with Gasteiger partial charge in [0.2, 0.25) is 0 Å². The summed E-state index contributed by atoms with van der Waals surface area (Å²) in [7, 11) is -3.11. The van der Waals surface area contributed by atoms with Gasteiger partial charge in [-0.25, -0.2) is 9.59 Å². The van der Waals surface area contributed by atoms with E-state index in [4.69, 9.17) is 8.85 Å². The topological polar surface area (TPSA) is 52.6 Å². The van der Waals surface area contributed by atoms with E-state index in [0.29, 0.717) is 0 Å². The minimum atomic E-state index is -3.11. The van der Waals surface area contributed by atoms with E-state index < -0.39 is 25.5 Å². The van der Waals surface area contributed by atoms with Gasteiger partial charge in [-0.2, -0.15) is 0 Å². The first-order valence-electron chi connectivity index (χ1n) is 7.47. The molecule has 0 spiro atoms. The van der Waals surface area contributed by atoms with Crippen molar-refractivity contribution in [3.63, 3.8) is 0 Å². The molecule has 0 unspecified atom stereocenters. The highest BCUT2D eigenvalue weighted by Crippen LogP contribution is 2.50. The lowest BCUT2D eigenvalue weighted by Gasteiger charge is -2.44. The van der Waals surface area contributed by atoms with Crippen LogP contribution in [0.4, 0.5) is 0 Å². The first kappa shape index (κ1) is 17.7. The summed E-state index contributed by atoms with van der Waals surface area (Å²) < 4.78 is 11.5. The van der Waals surface area contributed by atoms with Crippen LogP contribution in [0, 0.1) is 0 Å². The minimum Gasteiger partial charge on any atom is -0.481 e. The van der Waals surface area contributed by atoms with Gasteiger partial charge in [0, 0.05) is 22.7 Å². The monoisotopic (exact) mass is 310 g/mol. The van der Waals surface area contributed by atoms with Gasteiger partial charge in [-0.3, -0.25) is 0 Å². The van der Waals surface area contributed by atoms with Crippen molar-refractivity contribution in [2.24, 2.45) is 0 Å². The lowest BCUT2D eigenvalue weighted by atomic mass is 10.0. The molecule has 5 heteroatoms. The Morgan fingerprint density at radius 1 is 1.00 bits per heavy atom. The summed E-state index contributed by atoms with van der Waals surface area (Å²) in [6.45, 7) is 12.8. The number of carbonyl (C=O) groups excluding carboxylic acids is 2. The zero-order valence-electron chi connectivity index (χ0n) is 13.3. The van der Waals surface area contributed by atoms with Gasteiger partial charge < -0.3 is 8.85 Å². The molecule has 21 heavy (non-hydrogen) atoms. The fraction of sp³-hybridized carbons (Fsp3) is 0.625. The predicted octanol–water partition coefficient (Wildman–Crippen LogP) is 4.02. The van der Waals surface area contributed by atoms with Crippen molar-refractivity contribution in [2.75, 3.05) is 0 Å². The van der Waals surface area contributed by atoms with Gasteiger partial charge in [0.05, 0.1) is 0 Å². The first-order valence-corrected chi connectivity index (χ1v) is 9.37. The molecule has 0 heterocycles. The summed E-state index contributed by atoms with van der Waals surface area (Å²) in [4.78, 5) is 23.7. The first-order chi connectivity index (χ1) is 9.76. The minimum absolute atomic E-state index is 0.124. The molecule has 0 saturated heterocycles. The molecule has 1 aliphatic rings. The van der Waals surface area contributed by atoms with Crippen molar-refractivity contribution in [2.45, 2.75) is 63.5 Å². The lowest BCUT2D eigenvalue weighted by Crippen LogP contribution is -2.56. The Hall–Kier alpha value is -1.36. The van der Waals surface area contributed by atoms with Crippen LogP contribution < -0.4 is 0 Å². The summed E-state index contributed by atoms with van der Waals surface area (Å²) in [5.74, 6) is -1.03. The molecule has 118 valence electrons. The maximum Gasteiger partial charge on any atom is 0.473 e. The quantitative estimate of drug-likeness (QED) is 0.568.